The van der Waals surface area contributed by atoms with Crippen LogP contribution < -0.4 is 14.9 Å². The van der Waals surface area contributed by atoms with Crippen LogP contribution >= 0.6 is 11.3 Å². The first-order chi connectivity index (χ1) is 15.3. The van der Waals surface area contributed by atoms with E-state index < -0.39 is 10.9 Å². The van der Waals surface area contributed by atoms with Gasteiger partial charge in [0.2, 0.25) is 0 Å². The van der Waals surface area contributed by atoms with Crippen LogP contribution in [0.5, 0.6) is 0 Å². The highest BCUT2D eigenvalue weighted by Crippen LogP contribution is 2.28. The first-order valence-corrected chi connectivity index (χ1v) is 10.6. The van der Waals surface area contributed by atoms with Crippen molar-refractivity contribution < 1.29 is 18.9 Å². The molecule has 1 aliphatic heterocycles. The summed E-state index contributed by atoms with van der Waals surface area (Å²) in [6.07, 6.45) is 1.62. The molecule has 0 amide bonds. The van der Waals surface area contributed by atoms with E-state index in [1.807, 2.05) is 0 Å². The molecule has 2 aromatic heterocycles. The molecule has 0 atom stereocenters. The van der Waals surface area contributed by atoms with Gasteiger partial charge >= 0.3 is 5.97 Å². The molecule has 0 fully saturated rings. The van der Waals surface area contributed by atoms with Crippen molar-refractivity contribution in [2.75, 3.05) is 6.61 Å². The summed E-state index contributed by atoms with van der Waals surface area (Å²) in [6, 6.07) is 8.02. The maximum atomic E-state index is 12.9. The Labute approximate surface area is 185 Å². The Hall–Kier alpha value is -3.79. The Bertz CT molecular complexity index is 1460. The van der Waals surface area contributed by atoms with Crippen molar-refractivity contribution in [1.82, 2.24) is 4.57 Å². The highest BCUT2D eigenvalue weighted by atomic mass is 32.1. The summed E-state index contributed by atoms with van der Waals surface area (Å²) in [4.78, 5) is 40.4. The number of thiazole rings is 1. The average molecular weight is 453 g/mol. The van der Waals surface area contributed by atoms with E-state index in [0.29, 0.717) is 37.7 Å². The number of nitro groups is 1. The lowest BCUT2D eigenvalue weighted by Gasteiger charge is -2.12. The van der Waals surface area contributed by atoms with E-state index >= 15 is 0 Å². The molecule has 0 unspecified atom stereocenters. The van der Waals surface area contributed by atoms with Crippen LogP contribution in [0.1, 0.15) is 25.2 Å². The van der Waals surface area contributed by atoms with Crippen LogP contribution in [0.25, 0.3) is 17.4 Å². The fourth-order valence-electron chi connectivity index (χ4n) is 3.39. The van der Waals surface area contributed by atoms with Crippen molar-refractivity contribution in [3.63, 3.8) is 0 Å². The number of aryl methyl sites for hydroxylation is 1. The molecular formula is C22H19N3O6S. The molecular weight excluding hydrogens is 434 g/mol. The van der Waals surface area contributed by atoms with E-state index in [1.54, 1.807) is 45.0 Å². The van der Waals surface area contributed by atoms with E-state index in [9.17, 15) is 19.7 Å². The second-order valence-corrected chi connectivity index (χ2v) is 8.15. The summed E-state index contributed by atoms with van der Waals surface area (Å²) in [5.41, 5.74) is 2.07. The van der Waals surface area contributed by atoms with Crippen LogP contribution in [-0.4, -0.2) is 22.1 Å². The lowest BCUT2D eigenvalue weighted by Crippen LogP contribution is -2.35. The maximum absolute atomic E-state index is 12.9. The number of hydrogen-bond acceptors (Lipinski definition) is 8. The number of aromatic nitrogens is 1. The third-order valence-corrected chi connectivity index (χ3v) is 6.02. The number of ether oxygens (including phenoxy) is 1. The maximum Gasteiger partial charge on any atom is 0.337 e. The van der Waals surface area contributed by atoms with Crippen molar-refractivity contribution in [2.24, 2.45) is 4.99 Å². The highest BCUT2D eigenvalue weighted by molar-refractivity contribution is 7.07. The third kappa shape index (κ3) is 3.92. The minimum absolute atomic E-state index is 0.0108. The van der Waals surface area contributed by atoms with Gasteiger partial charge in [0, 0.05) is 23.8 Å². The van der Waals surface area contributed by atoms with Gasteiger partial charge in [0.15, 0.2) is 4.80 Å². The van der Waals surface area contributed by atoms with Crippen molar-refractivity contribution >= 4 is 29.1 Å². The predicted molar refractivity (Wildman–Crippen MR) is 118 cm³/mol. The molecule has 164 valence electrons. The minimum Gasteiger partial charge on any atom is -0.463 e. The third-order valence-electron chi connectivity index (χ3n) is 5.01. The van der Waals surface area contributed by atoms with Gasteiger partial charge in [-0.3, -0.25) is 19.5 Å². The lowest BCUT2D eigenvalue weighted by atomic mass is 10.1. The number of hydrogen-bond donors (Lipinski definition) is 0. The number of allylic oxidation sites excluding steroid dienone is 1. The Morgan fingerprint density at radius 3 is 2.81 bits per heavy atom. The number of nitro benzene ring substituents is 1. The SMILES string of the molecule is CCOC(=O)C1=C(C)N=c2sc(=Cc3ccc(-c4ccc([N+](=O)[O-])cc4C)o3)c(=O)n2C1. The number of carbonyl (C=O) groups excluding carboxylic acids is 1. The Kier molecular flexibility index (Phi) is 5.62. The van der Waals surface area contributed by atoms with Crippen molar-refractivity contribution in [3.8, 4) is 11.3 Å². The summed E-state index contributed by atoms with van der Waals surface area (Å²) in [6.45, 7) is 5.56. The van der Waals surface area contributed by atoms with Crippen molar-refractivity contribution in [3.05, 3.63) is 82.7 Å². The molecule has 3 aromatic rings. The zero-order chi connectivity index (χ0) is 23.0. The number of furan rings is 1. The van der Waals surface area contributed by atoms with Crippen molar-refractivity contribution in [1.29, 1.82) is 0 Å². The Morgan fingerprint density at radius 1 is 1.34 bits per heavy atom. The molecule has 32 heavy (non-hydrogen) atoms. The molecule has 3 heterocycles. The summed E-state index contributed by atoms with van der Waals surface area (Å²) >= 11 is 1.21. The van der Waals surface area contributed by atoms with Gasteiger partial charge in [-0.25, -0.2) is 9.79 Å². The van der Waals surface area contributed by atoms with Crippen LogP contribution in [0.3, 0.4) is 0 Å². The fourth-order valence-corrected chi connectivity index (χ4v) is 4.40. The van der Waals surface area contributed by atoms with Crippen LogP contribution in [-0.2, 0) is 16.1 Å². The number of non-ortho nitro benzene ring substituents is 1. The zero-order valence-electron chi connectivity index (χ0n) is 17.6. The molecule has 0 saturated heterocycles. The van der Waals surface area contributed by atoms with E-state index in [1.165, 1.54) is 28.0 Å². The van der Waals surface area contributed by atoms with Crippen molar-refractivity contribution in [2.45, 2.75) is 27.3 Å². The zero-order valence-corrected chi connectivity index (χ0v) is 18.4. The molecule has 10 heteroatoms. The van der Waals surface area contributed by atoms with Gasteiger partial charge in [0.05, 0.1) is 33.9 Å². The smallest absolute Gasteiger partial charge is 0.337 e. The van der Waals surface area contributed by atoms with Gasteiger partial charge in [-0.2, -0.15) is 0 Å². The molecule has 9 nitrogen and oxygen atoms in total. The second kappa shape index (κ2) is 8.39. The normalized spacial score (nSPS) is 13.7. The highest BCUT2D eigenvalue weighted by Gasteiger charge is 2.21. The average Bonchev–Trinajstić information content (AvgIpc) is 3.32. The number of fused-ring (bicyclic) bond motifs is 1. The Balaban J connectivity index is 1.68. The number of rotatable bonds is 5. The van der Waals surface area contributed by atoms with Gasteiger partial charge in [-0.15, -0.1) is 0 Å². The quantitative estimate of drug-likeness (QED) is 0.333. The first kappa shape index (κ1) is 21.4. The van der Waals surface area contributed by atoms with Crippen LogP contribution in [0, 0.1) is 17.0 Å². The van der Waals surface area contributed by atoms with E-state index in [4.69, 9.17) is 9.15 Å². The largest absolute Gasteiger partial charge is 0.463 e. The lowest BCUT2D eigenvalue weighted by molar-refractivity contribution is -0.384. The number of esters is 1. The molecule has 1 aromatic carbocycles. The first-order valence-electron chi connectivity index (χ1n) is 9.80. The molecule has 0 radical (unpaired) electrons. The fraction of sp³-hybridized carbons (Fsp3) is 0.227. The van der Waals surface area contributed by atoms with Crippen LogP contribution in [0.15, 0.2) is 55.8 Å². The molecule has 0 bridgehead atoms. The molecule has 0 spiro atoms. The number of benzene rings is 1. The van der Waals surface area contributed by atoms with E-state index in [0.717, 1.165) is 5.56 Å². The predicted octanol–water partition coefficient (Wildman–Crippen LogP) is 2.69. The van der Waals surface area contributed by atoms with Gasteiger partial charge in [-0.1, -0.05) is 11.3 Å². The monoisotopic (exact) mass is 453 g/mol. The van der Waals surface area contributed by atoms with E-state index in [-0.39, 0.29) is 24.4 Å². The summed E-state index contributed by atoms with van der Waals surface area (Å²) in [5.74, 6) is 0.526. The summed E-state index contributed by atoms with van der Waals surface area (Å²) in [7, 11) is 0. The molecule has 0 aliphatic carbocycles. The van der Waals surface area contributed by atoms with Crippen LogP contribution in [0.2, 0.25) is 0 Å². The second-order valence-electron chi connectivity index (χ2n) is 7.14. The number of carbonyl (C=O) groups is 1. The molecule has 4 rings (SSSR count). The topological polar surface area (TPSA) is 117 Å². The summed E-state index contributed by atoms with van der Waals surface area (Å²) in [5, 5.41) is 10.9. The van der Waals surface area contributed by atoms with Gasteiger partial charge in [-0.05, 0) is 44.5 Å². The summed E-state index contributed by atoms with van der Waals surface area (Å²) < 4.78 is 12.8. The Morgan fingerprint density at radius 2 is 2.12 bits per heavy atom. The van der Waals surface area contributed by atoms with Crippen LogP contribution in [0.4, 0.5) is 5.69 Å². The molecule has 0 saturated carbocycles. The molecule has 0 N–H and O–H groups in total. The standard InChI is InChI=1S/C22H19N3O6S/c1-4-30-21(27)17-11-24-20(26)19(32-22(24)23-13(17)3)10-15-6-8-18(31-15)16-7-5-14(25(28)29)9-12(16)2/h5-10H,4,11H2,1-3H3. The molecule has 1 aliphatic rings. The number of nitrogens with zero attached hydrogens (tertiary/aromatic N) is 3. The van der Waals surface area contributed by atoms with Gasteiger partial charge < -0.3 is 9.15 Å². The minimum atomic E-state index is -0.475. The van der Waals surface area contributed by atoms with Gasteiger partial charge in [0.1, 0.15) is 11.5 Å². The van der Waals surface area contributed by atoms with E-state index in [2.05, 4.69) is 4.99 Å². The van der Waals surface area contributed by atoms with Gasteiger partial charge in [0.25, 0.3) is 11.2 Å².